The predicted octanol–water partition coefficient (Wildman–Crippen LogP) is 1.99. The van der Waals surface area contributed by atoms with Gasteiger partial charge in [0.25, 0.3) is 0 Å². The van der Waals surface area contributed by atoms with Crippen molar-refractivity contribution in [1.82, 2.24) is 10.1 Å². The maximum atomic E-state index is 12.2. The number of hydrogen-bond donors (Lipinski definition) is 0. The average molecular weight is 280 g/mol. The molecule has 6 nitrogen and oxygen atoms in total. The van der Waals surface area contributed by atoms with Crippen LogP contribution in [-0.4, -0.2) is 35.1 Å². The molecule has 0 aliphatic carbocycles. The number of esters is 1. The highest BCUT2D eigenvalue weighted by Gasteiger charge is 2.32. The summed E-state index contributed by atoms with van der Waals surface area (Å²) in [5.74, 6) is 0.367. The van der Waals surface area contributed by atoms with Crippen LogP contribution in [0.15, 0.2) is 10.6 Å². The summed E-state index contributed by atoms with van der Waals surface area (Å²) in [6.45, 7) is 4.65. The number of hydrogen-bond acceptors (Lipinski definition) is 5. The standard InChI is InChI=1S/C14H20N2O4/c1-3-19-14(18)7-6-13(17)16-8-4-5-11(16)12-9-10(2)15-20-12/h9,11H,3-8H2,1-2H3. The predicted molar refractivity (Wildman–Crippen MR) is 70.8 cm³/mol. The Morgan fingerprint density at radius 3 is 2.95 bits per heavy atom. The van der Waals surface area contributed by atoms with E-state index in [0.29, 0.717) is 13.2 Å². The van der Waals surface area contributed by atoms with E-state index in [1.54, 1.807) is 11.8 Å². The zero-order valence-corrected chi connectivity index (χ0v) is 11.9. The van der Waals surface area contributed by atoms with E-state index in [4.69, 9.17) is 9.26 Å². The van der Waals surface area contributed by atoms with Crippen LogP contribution in [0, 0.1) is 6.92 Å². The Kier molecular flexibility index (Phi) is 4.76. The number of nitrogens with zero attached hydrogens (tertiary/aromatic N) is 2. The number of aromatic nitrogens is 1. The number of carbonyl (C=O) groups is 2. The normalized spacial score (nSPS) is 18.3. The van der Waals surface area contributed by atoms with Crippen molar-refractivity contribution in [2.45, 2.75) is 45.6 Å². The summed E-state index contributed by atoms with van der Waals surface area (Å²) >= 11 is 0. The van der Waals surface area contributed by atoms with Gasteiger partial charge >= 0.3 is 5.97 Å². The highest BCUT2D eigenvalue weighted by Crippen LogP contribution is 2.32. The van der Waals surface area contributed by atoms with Gasteiger partial charge in [0.15, 0.2) is 5.76 Å². The van der Waals surface area contributed by atoms with E-state index in [1.807, 2.05) is 13.0 Å². The van der Waals surface area contributed by atoms with Gasteiger partial charge in [0.2, 0.25) is 5.91 Å². The molecule has 0 radical (unpaired) electrons. The molecule has 1 unspecified atom stereocenters. The van der Waals surface area contributed by atoms with Crippen LogP contribution >= 0.6 is 0 Å². The summed E-state index contributed by atoms with van der Waals surface area (Å²) in [5, 5.41) is 3.87. The fourth-order valence-corrected chi connectivity index (χ4v) is 2.49. The van der Waals surface area contributed by atoms with E-state index < -0.39 is 0 Å². The van der Waals surface area contributed by atoms with E-state index in [0.717, 1.165) is 24.3 Å². The molecule has 1 aromatic rings. The lowest BCUT2D eigenvalue weighted by Gasteiger charge is -2.22. The number of carbonyl (C=O) groups excluding carboxylic acids is 2. The van der Waals surface area contributed by atoms with Crippen LogP contribution in [0.5, 0.6) is 0 Å². The van der Waals surface area contributed by atoms with Gasteiger partial charge in [0, 0.05) is 19.0 Å². The van der Waals surface area contributed by atoms with Crippen LogP contribution in [0.3, 0.4) is 0 Å². The van der Waals surface area contributed by atoms with Gasteiger partial charge in [-0.1, -0.05) is 5.16 Å². The van der Waals surface area contributed by atoms with Crippen LogP contribution in [0.1, 0.15) is 50.1 Å². The van der Waals surface area contributed by atoms with Gasteiger partial charge in [-0.05, 0) is 26.7 Å². The molecule has 2 heterocycles. The second-order valence-electron chi connectivity index (χ2n) is 4.92. The Morgan fingerprint density at radius 2 is 2.30 bits per heavy atom. The van der Waals surface area contributed by atoms with Gasteiger partial charge in [0.1, 0.15) is 0 Å². The van der Waals surface area contributed by atoms with E-state index in [1.165, 1.54) is 0 Å². The third kappa shape index (κ3) is 3.37. The summed E-state index contributed by atoms with van der Waals surface area (Å²) in [7, 11) is 0. The lowest BCUT2D eigenvalue weighted by Crippen LogP contribution is -2.30. The first kappa shape index (κ1) is 14.6. The molecule has 0 aromatic carbocycles. The lowest BCUT2D eigenvalue weighted by atomic mass is 10.1. The minimum absolute atomic E-state index is 0.0328. The van der Waals surface area contributed by atoms with E-state index in [9.17, 15) is 9.59 Å². The number of amides is 1. The molecule has 0 N–H and O–H groups in total. The lowest BCUT2D eigenvalue weighted by molar-refractivity contribution is -0.146. The first-order valence-corrected chi connectivity index (χ1v) is 7.00. The van der Waals surface area contributed by atoms with E-state index in [-0.39, 0.29) is 30.8 Å². The van der Waals surface area contributed by atoms with Crippen molar-refractivity contribution in [3.8, 4) is 0 Å². The fourth-order valence-electron chi connectivity index (χ4n) is 2.49. The monoisotopic (exact) mass is 280 g/mol. The zero-order chi connectivity index (χ0) is 14.5. The first-order chi connectivity index (χ1) is 9.61. The molecule has 1 fully saturated rings. The molecule has 1 saturated heterocycles. The smallest absolute Gasteiger partial charge is 0.306 e. The van der Waals surface area contributed by atoms with Gasteiger partial charge in [0.05, 0.1) is 24.8 Å². The van der Waals surface area contributed by atoms with Gasteiger partial charge in [-0.2, -0.15) is 0 Å². The van der Waals surface area contributed by atoms with Crippen LogP contribution < -0.4 is 0 Å². The van der Waals surface area contributed by atoms with Crippen molar-refractivity contribution in [2.24, 2.45) is 0 Å². The van der Waals surface area contributed by atoms with Gasteiger partial charge in [-0.25, -0.2) is 0 Å². The minimum Gasteiger partial charge on any atom is -0.466 e. The molecular formula is C14H20N2O4. The largest absolute Gasteiger partial charge is 0.466 e. The Labute approximate surface area is 118 Å². The first-order valence-electron chi connectivity index (χ1n) is 7.00. The molecule has 1 amide bonds. The SMILES string of the molecule is CCOC(=O)CCC(=O)N1CCCC1c1cc(C)no1. The van der Waals surface area contributed by atoms with Crippen LogP contribution in [-0.2, 0) is 14.3 Å². The average Bonchev–Trinajstić information content (AvgIpc) is 3.04. The van der Waals surface area contributed by atoms with Crippen LogP contribution in [0.4, 0.5) is 0 Å². The molecule has 0 spiro atoms. The highest BCUT2D eigenvalue weighted by atomic mass is 16.5. The van der Waals surface area contributed by atoms with Crippen LogP contribution in [0.25, 0.3) is 0 Å². The molecule has 110 valence electrons. The summed E-state index contributed by atoms with van der Waals surface area (Å²) in [5.41, 5.74) is 0.811. The second kappa shape index (κ2) is 6.54. The molecular weight excluding hydrogens is 260 g/mol. The van der Waals surface area contributed by atoms with Crippen molar-refractivity contribution in [2.75, 3.05) is 13.2 Å². The van der Waals surface area contributed by atoms with E-state index >= 15 is 0 Å². The van der Waals surface area contributed by atoms with Crippen molar-refractivity contribution >= 4 is 11.9 Å². The maximum Gasteiger partial charge on any atom is 0.306 e. The Bertz CT molecular complexity index is 483. The third-order valence-electron chi connectivity index (χ3n) is 3.40. The molecule has 1 atom stereocenters. The minimum atomic E-state index is -0.327. The fraction of sp³-hybridized carbons (Fsp3) is 0.643. The Hall–Kier alpha value is -1.85. The zero-order valence-electron chi connectivity index (χ0n) is 11.9. The molecule has 0 bridgehead atoms. The van der Waals surface area contributed by atoms with Crippen molar-refractivity contribution in [1.29, 1.82) is 0 Å². The van der Waals surface area contributed by atoms with E-state index in [2.05, 4.69) is 5.16 Å². The van der Waals surface area contributed by atoms with Gasteiger partial charge in [-0.15, -0.1) is 0 Å². The van der Waals surface area contributed by atoms with Crippen molar-refractivity contribution in [3.63, 3.8) is 0 Å². The van der Waals surface area contributed by atoms with Crippen LogP contribution in [0.2, 0.25) is 0 Å². The molecule has 2 rings (SSSR count). The molecule has 6 heteroatoms. The number of ether oxygens (including phenoxy) is 1. The van der Waals surface area contributed by atoms with Gasteiger partial charge < -0.3 is 14.2 Å². The summed E-state index contributed by atoms with van der Waals surface area (Å²) in [6.07, 6.45) is 2.13. The van der Waals surface area contributed by atoms with Crippen molar-refractivity contribution < 1.29 is 18.8 Å². The molecule has 20 heavy (non-hydrogen) atoms. The Balaban J connectivity index is 1.93. The van der Waals surface area contributed by atoms with Gasteiger partial charge in [-0.3, -0.25) is 9.59 Å². The molecule has 1 aliphatic rings. The topological polar surface area (TPSA) is 72.6 Å². The maximum absolute atomic E-state index is 12.2. The summed E-state index contributed by atoms with van der Waals surface area (Å²) < 4.78 is 10.1. The highest BCUT2D eigenvalue weighted by molar-refractivity contribution is 5.81. The van der Waals surface area contributed by atoms with Crippen molar-refractivity contribution in [3.05, 3.63) is 17.5 Å². The Morgan fingerprint density at radius 1 is 1.50 bits per heavy atom. The summed E-state index contributed by atoms with van der Waals surface area (Å²) in [4.78, 5) is 25.3. The second-order valence-corrected chi connectivity index (χ2v) is 4.92. The number of rotatable bonds is 5. The quantitative estimate of drug-likeness (QED) is 0.771. The molecule has 0 saturated carbocycles. The molecule has 1 aromatic heterocycles. The number of likely N-dealkylation sites (tertiary alicyclic amines) is 1. The summed E-state index contributed by atoms with van der Waals surface area (Å²) in [6, 6.07) is 1.81. The third-order valence-corrected chi connectivity index (χ3v) is 3.40. The number of aryl methyl sites for hydroxylation is 1. The molecule has 1 aliphatic heterocycles.